The summed E-state index contributed by atoms with van der Waals surface area (Å²) in [4.78, 5) is 0. The van der Waals surface area contributed by atoms with E-state index in [0.717, 1.165) is 3.57 Å². The zero-order valence-corrected chi connectivity index (χ0v) is 10.2. The molecule has 0 aromatic heterocycles. The zero-order valence-electron chi connectivity index (χ0n) is 7.30. The third kappa shape index (κ3) is 3.98. The van der Waals surface area contributed by atoms with E-state index in [1.165, 1.54) is 12.1 Å². The molecule has 2 nitrogen and oxygen atoms in total. The van der Waals surface area contributed by atoms with Crippen molar-refractivity contribution < 1.29 is 9.50 Å². The monoisotopic (exact) mass is 329 g/mol. The van der Waals surface area contributed by atoms with Crippen LogP contribution in [0.1, 0.15) is 0 Å². The molecule has 1 unspecified atom stereocenters. The molecule has 0 saturated heterocycles. The van der Waals surface area contributed by atoms with Crippen LogP contribution in [0.25, 0.3) is 0 Å². The summed E-state index contributed by atoms with van der Waals surface area (Å²) < 4.78 is 13.7. The molecule has 0 fully saturated rings. The number of benzene rings is 1. The lowest BCUT2D eigenvalue weighted by molar-refractivity contribution is 0.211. The Morgan fingerprint density at radius 1 is 1.50 bits per heavy atom. The lowest BCUT2D eigenvalue weighted by Crippen LogP contribution is -2.20. The van der Waals surface area contributed by atoms with Crippen molar-refractivity contribution in [2.24, 2.45) is 0 Å². The molecule has 0 radical (unpaired) electrons. The molecular weight excluding hydrogens is 319 g/mol. The molecule has 14 heavy (non-hydrogen) atoms. The first-order chi connectivity index (χ1) is 6.61. The highest BCUT2D eigenvalue weighted by Crippen LogP contribution is 2.15. The number of hydrogen-bond acceptors (Lipinski definition) is 2. The first kappa shape index (κ1) is 12.0. The summed E-state index contributed by atoms with van der Waals surface area (Å²) in [7, 11) is 0. The molecule has 0 aliphatic heterocycles. The van der Waals surface area contributed by atoms with E-state index in [0.29, 0.717) is 12.2 Å². The topological polar surface area (TPSA) is 32.3 Å². The lowest BCUT2D eigenvalue weighted by Gasteiger charge is -2.10. The van der Waals surface area contributed by atoms with Crippen molar-refractivity contribution in [1.82, 2.24) is 0 Å². The minimum absolute atomic E-state index is 0.166. The first-order valence-corrected chi connectivity index (χ1v) is 5.67. The highest BCUT2D eigenvalue weighted by Gasteiger charge is 2.02. The summed E-state index contributed by atoms with van der Waals surface area (Å²) in [5, 5.41) is 12.1. The van der Waals surface area contributed by atoms with Gasteiger partial charge in [-0.25, -0.2) is 4.39 Å². The van der Waals surface area contributed by atoms with Gasteiger partial charge >= 0.3 is 0 Å². The van der Waals surface area contributed by atoms with Crippen molar-refractivity contribution in [3.8, 4) is 0 Å². The smallest absolute Gasteiger partial charge is 0.126 e. The number of halogens is 3. The Balaban J connectivity index is 2.58. The summed E-state index contributed by atoms with van der Waals surface area (Å²) in [5.41, 5.74) is 0.651. The van der Waals surface area contributed by atoms with Gasteiger partial charge in [0.15, 0.2) is 0 Å². The summed E-state index contributed by atoms with van der Waals surface area (Å²) in [6.45, 7) is 0.322. The van der Waals surface area contributed by atoms with Gasteiger partial charge in [0.2, 0.25) is 0 Å². The fourth-order valence-corrected chi connectivity index (χ4v) is 1.69. The Hall–Kier alpha value is -0.0700. The van der Waals surface area contributed by atoms with E-state index in [-0.39, 0.29) is 11.7 Å². The Bertz CT molecular complexity index is 291. The molecule has 1 rings (SSSR count). The highest BCUT2D eigenvalue weighted by atomic mass is 127. The van der Waals surface area contributed by atoms with Crippen LogP contribution < -0.4 is 5.32 Å². The predicted molar refractivity (Wildman–Crippen MR) is 64.3 cm³/mol. The van der Waals surface area contributed by atoms with Crippen molar-refractivity contribution in [3.05, 3.63) is 27.6 Å². The van der Waals surface area contributed by atoms with Crippen molar-refractivity contribution in [2.75, 3.05) is 17.7 Å². The molecule has 0 aliphatic rings. The molecule has 1 aromatic rings. The Morgan fingerprint density at radius 3 is 2.79 bits per heavy atom. The van der Waals surface area contributed by atoms with Crippen LogP contribution in [0.4, 0.5) is 10.1 Å². The summed E-state index contributed by atoms with van der Waals surface area (Å²) in [6.07, 6.45) is -0.613. The molecule has 0 amide bonds. The van der Waals surface area contributed by atoms with Gasteiger partial charge in [0.1, 0.15) is 5.82 Å². The Morgan fingerprint density at radius 2 is 2.21 bits per heavy atom. The standard InChI is InChI=1S/C9H10ClFINO/c10-4-9(14)5-13-8-2-6(11)1-7(12)3-8/h1-3,9,13-14H,4-5H2. The van der Waals surface area contributed by atoms with Crippen LogP contribution in [0.3, 0.4) is 0 Å². The first-order valence-electron chi connectivity index (χ1n) is 4.06. The van der Waals surface area contributed by atoms with Crippen LogP contribution in [0.2, 0.25) is 0 Å². The van der Waals surface area contributed by atoms with E-state index in [2.05, 4.69) is 5.32 Å². The SMILES string of the molecule is OC(CCl)CNc1cc(F)cc(I)c1. The summed E-state index contributed by atoms with van der Waals surface area (Å²) in [5.74, 6) is -0.126. The van der Waals surface area contributed by atoms with Gasteiger partial charge in [0.25, 0.3) is 0 Å². The molecule has 0 saturated carbocycles. The minimum atomic E-state index is -0.613. The molecule has 1 atom stereocenters. The summed E-state index contributed by atoms with van der Waals surface area (Å²) >= 11 is 7.44. The van der Waals surface area contributed by atoms with Gasteiger partial charge in [0.05, 0.1) is 12.0 Å². The molecule has 1 aromatic carbocycles. The fraction of sp³-hybridized carbons (Fsp3) is 0.333. The molecule has 0 bridgehead atoms. The summed E-state index contributed by atoms with van der Waals surface area (Å²) in [6, 6.07) is 4.61. The number of alkyl halides is 1. The number of anilines is 1. The number of aliphatic hydroxyl groups excluding tert-OH is 1. The average molecular weight is 330 g/mol. The van der Waals surface area contributed by atoms with E-state index in [1.807, 2.05) is 22.6 Å². The van der Waals surface area contributed by atoms with Gasteiger partial charge in [-0.2, -0.15) is 0 Å². The Kier molecular flexibility index (Phi) is 4.91. The molecule has 0 heterocycles. The van der Waals surface area contributed by atoms with E-state index in [1.54, 1.807) is 6.07 Å². The quantitative estimate of drug-likeness (QED) is 0.657. The lowest BCUT2D eigenvalue weighted by atomic mass is 10.3. The van der Waals surface area contributed by atoms with E-state index < -0.39 is 6.10 Å². The number of nitrogens with one attached hydrogen (secondary N) is 1. The van der Waals surface area contributed by atoms with E-state index in [9.17, 15) is 4.39 Å². The van der Waals surface area contributed by atoms with Crippen LogP contribution >= 0.6 is 34.2 Å². The number of hydrogen-bond donors (Lipinski definition) is 2. The van der Waals surface area contributed by atoms with Crippen LogP contribution in [0.15, 0.2) is 18.2 Å². The predicted octanol–water partition coefficient (Wildman–Crippen LogP) is 2.44. The third-order valence-corrected chi connectivity index (χ3v) is 2.56. The van der Waals surface area contributed by atoms with Crippen molar-refractivity contribution in [1.29, 1.82) is 0 Å². The number of aliphatic hydroxyl groups is 1. The molecule has 0 aliphatic carbocycles. The van der Waals surface area contributed by atoms with Crippen LogP contribution in [-0.4, -0.2) is 23.6 Å². The second-order valence-corrected chi connectivity index (χ2v) is 4.40. The van der Waals surface area contributed by atoms with Gasteiger partial charge in [-0.05, 0) is 40.8 Å². The molecular formula is C9H10ClFINO. The highest BCUT2D eigenvalue weighted by molar-refractivity contribution is 14.1. The number of rotatable bonds is 4. The van der Waals surface area contributed by atoms with Crippen molar-refractivity contribution in [3.63, 3.8) is 0 Å². The van der Waals surface area contributed by atoms with Gasteiger partial charge in [-0.15, -0.1) is 11.6 Å². The van der Waals surface area contributed by atoms with Crippen LogP contribution in [0, 0.1) is 9.39 Å². The molecule has 0 spiro atoms. The maximum Gasteiger partial charge on any atom is 0.126 e. The molecule has 5 heteroatoms. The average Bonchev–Trinajstić information content (AvgIpc) is 2.12. The van der Waals surface area contributed by atoms with Gasteiger partial charge < -0.3 is 10.4 Å². The van der Waals surface area contributed by atoms with Gasteiger partial charge in [0, 0.05) is 15.8 Å². The molecule has 78 valence electrons. The van der Waals surface area contributed by atoms with E-state index in [4.69, 9.17) is 16.7 Å². The van der Waals surface area contributed by atoms with Gasteiger partial charge in [-0.1, -0.05) is 0 Å². The van der Waals surface area contributed by atoms with Gasteiger partial charge in [-0.3, -0.25) is 0 Å². The maximum atomic E-state index is 12.9. The normalized spacial score (nSPS) is 12.6. The van der Waals surface area contributed by atoms with Crippen LogP contribution in [-0.2, 0) is 0 Å². The van der Waals surface area contributed by atoms with Crippen LogP contribution in [0.5, 0.6) is 0 Å². The second kappa shape index (κ2) is 5.72. The maximum absolute atomic E-state index is 12.9. The van der Waals surface area contributed by atoms with Crippen molar-refractivity contribution in [2.45, 2.75) is 6.10 Å². The third-order valence-electron chi connectivity index (χ3n) is 1.58. The second-order valence-electron chi connectivity index (χ2n) is 2.85. The largest absolute Gasteiger partial charge is 0.390 e. The zero-order chi connectivity index (χ0) is 10.6. The minimum Gasteiger partial charge on any atom is -0.390 e. The van der Waals surface area contributed by atoms with E-state index >= 15 is 0 Å². The molecule has 2 N–H and O–H groups in total. The van der Waals surface area contributed by atoms with Crippen molar-refractivity contribution >= 4 is 39.9 Å². The fourth-order valence-electron chi connectivity index (χ4n) is 0.946. The Labute approximate surface area is 101 Å².